The Hall–Kier alpha value is -1.34. The number of fused-ring (bicyclic) bond motifs is 1. The Labute approximate surface area is 209 Å². The lowest BCUT2D eigenvalue weighted by molar-refractivity contribution is -0.132. The van der Waals surface area contributed by atoms with Crippen LogP contribution in [0.15, 0.2) is 44.7 Å². The van der Waals surface area contributed by atoms with Crippen molar-refractivity contribution in [3.63, 3.8) is 0 Å². The van der Waals surface area contributed by atoms with Gasteiger partial charge in [-0.25, -0.2) is 4.98 Å². The Morgan fingerprint density at radius 1 is 1.27 bits per heavy atom. The number of rotatable bonds is 6. The zero-order valence-electron chi connectivity index (χ0n) is 16.3. The average molecular weight is 694 g/mol. The molecule has 0 radical (unpaired) electrons. The molecule has 156 valence electrons. The van der Waals surface area contributed by atoms with Crippen LogP contribution in [0.4, 0.5) is 0 Å². The molecule has 0 aliphatic rings. The van der Waals surface area contributed by atoms with Crippen LogP contribution in [-0.2, 0) is 11.2 Å². The van der Waals surface area contributed by atoms with Gasteiger partial charge >= 0.3 is 5.97 Å². The van der Waals surface area contributed by atoms with Crippen LogP contribution in [-0.4, -0.2) is 21.8 Å². The van der Waals surface area contributed by atoms with Crippen molar-refractivity contribution in [3.8, 4) is 5.75 Å². The maximum atomic E-state index is 13.1. The van der Waals surface area contributed by atoms with Gasteiger partial charge in [0.2, 0.25) is 0 Å². The molecule has 0 spiro atoms. The minimum Gasteiger partial charge on any atom is -0.424 e. The van der Waals surface area contributed by atoms with Crippen LogP contribution in [0.25, 0.3) is 10.9 Å². The molecule has 2 aromatic carbocycles. The first-order chi connectivity index (χ1) is 14.3. The molecule has 0 amide bonds. The van der Waals surface area contributed by atoms with E-state index in [1.54, 1.807) is 12.3 Å². The highest BCUT2D eigenvalue weighted by atomic mass is 127. The van der Waals surface area contributed by atoms with Crippen LogP contribution in [0.1, 0.15) is 38.1 Å². The SMILES string of the molecule is CCCCc1nc2ccc(Br)cc2c(=O)n1N=Cc1cc(I)c(OC(C)=O)c(I)c1. The highest BCUT2D eigenvalue weighted by Gasteiger charge is 2.13. The van der Waals surface area contributed by atoms with Gasteiger partial charge in [-0.2, -0.15) is 9.78 Å². The normalized spacial score (nSPS) is 11.4. The first kappa shape index (κ1) is 23.3. The second-order valence-electron chi connectivity index (χ2n) is 6.56. The number of ether oxygens (including phenoxy) is 1. The van der Waals surface area contributed by atoms with Crippen LogP contribution in [0.5, 0.6) is 5.75 Å². The Morgan fingerprint density at radius 2 is 1.97 bits per heavy atom. The minimum atomic E-state index is -0.368. The standard InChI is InChI=1S/C21H18BrI2N3O3/c1-3-4-5-19-26-18-7-6-14(22)10-15(18)21(29)27(19)25-11-13-8-16(23)20(17(24)9-13)30-12(2)28/h6-11H,3-5H2,1-2H3. The Bertz CT molecular complexity index is 1190. The number of hydrogen-bond donors (Lipinski definition) is 0. The zero-order chi connectivity index (χ0) is 21.8. The number of carbonyl (C=O) groups excluding carboxylic acids is 1. The number of unbranched alkanes of at least 4 members (excludes halogenated alkanes) is 1. The molecule has 1 aromatic heterocycles. The third-order valence-corrected chi connectivity index (χ3v) is 6.31. The molecule has 0 unspecified atom stereocenters. The number of benzene rings is 2. The fourth-order valence-electron chi connectivity index (χ4n) is 2.83. The lowest BCUT2D eigenvalue weighted by Crippen LogP contribution is -2.22. The van der Waals surface area contributed by atoms with Gasteiger partial charge < -0.3 is 4.74 Å². The van der Waals surface area contributed by atoms with E-state index in [-0.39, 0.29) is 11.5 Å². The third-order valence-electron chi connectivity index (χ3n) is 4.22. The van der Waals surface area contributed by atoms with Crippen LogP contribution >= 0.6 is 61.1 Å². The van der Waals surface area contributed by atoms with Crippen LogP contribution in [0.2, 0.25) is 0 Å². The zero-order valence-corrected chi connectivity index (χ0v) is 22.2. The highest BCUT2D eigenvalue weighted by Crippen LogP contribution is 2.28. The molecular weight excluding hydrogens is 676 g/mol. The van der Waals surface area contributed by atoms with Gasteiger partial charge in [-0.05, 0) is 87.5 Å². The second kappa shape index (κ2) is 10.3. The van der Waals surface area contributed by atoms with E-state index in [1.165, 1.54) is 11.6 Å². The summed E-state index contributed by atoms with van der Waals surface area (Å²) in [5.41, 5.74) is 1.25. The predicted octanol–water partition coefficient (Wildman–Crippen LogP) is 5.52. The molecule has 0 atom stereocenters. The van der Waals surface area contributed by atoms with Crippen molar-refractivity contribution in [2.45, 2.75) is 33.1 Å². The molecule has 0 saturated carbocycles. The maximum Gasteiger partial charge on any atom is 0.308 e. The van der Waals surface area contributed by atoms with Crippen molar-refractivity contribution in [2.24, 2.45) is 5.10 Å². The number of aryl methyl sites for hydroxylation is 1. The fourth-order valence-corrected chi connectivity index (χ4v) is 5.23. The van der Waals surface area contributed by atoms with E-state index >= 15 is 0 Å². The number of hydrogen-bond acceptors (Lipinski definition) is 5. The number of halogens is 3. The molecule has 0 saturated heterocycles. The summed E-state index contributed by atoms with van der Waals surface area (Å²) in [6, 6.07) is 9.18. The van der Waals surface area contributed by atoms with Gasteiger partial charge in [-0.1, -0.05) is 29.3 Å². The van der Waals surface area contributed by atoms with Gasteiger partial charge in [0.15, 0.2) is 5.75 Å². The molecule has 1 heterocycles. The first-order valence-electron chi connectivity index (χ1n) is 9.23. The molecular formula is C21H18BrI2N3O3. The Balaban J connectivity index is 2.07. The fraction of sp³-hybridized carbons (Fsp3) is 0.238. The molecule has 0 aliphatic carbocycles. The van der Waals surface area contributed by atoms with Gasteiger partial charge in [0.05, 0.1) is 24.3 Å². The topological polar surface area (TPSA) is 73.6 Å². The quantitative estimate of drug-likeness (QED) is 0.148. The molecule has 6 nitrogen and oxygen atoms in total. The largest absolute Gasteiger partial charge is 0.424 e. The summed E-state index contributed by atoms with van der Waals surface area (Å²) in [6.07, 6.45) is 4.20. The Kier molecular flexibility index (Phi) is 8.02. The lowest BCUT2D eigenvalue weighted by atomic mass is 10.2. The second-order valence-corrected chi connectivity index (χ2v) is 9.80. The van der Waals surface area contributed by atoms with Gasteiger partial charge in [0.1, 0.15) is 5.82 Å². The van der Waals surface area contributed by atoms with Crippen LogP contribution < -0.4 is 10.3 Å². The summed E-state index contributed by atoms with van der Waals surface area (Å²) in [4.78, 5) is 29.1. The minimum absolute atomic E-state index is 0.204. The van der Waals surface area contributed by atoms with E-state index in [0.717, 1.165) is 30.0 Å². The third kappa shape index (κ3) is 5.47. The van der Waals surface area contributed by atoms with E-state index in [4.69, 9.17) is 4.74 Å². The average Bonchev–Trinajstić information content (AvgIpc) is 2.69. The number of esters is 1. The molecule has 3 rings (SSSR count). The summed E-state index contributed by atoms with van der Waals surface area (Å²) in [7, 11) is 0. The van der Waals surface area contributed by atoms with Crippen molar-refractivity contribution in [1.82, 2.24) is 9.66 Å². The summed E-state index contributed by atoms with van der Waals surface area (Å²) >= 11 is 7.65. The molecule has 30 heavy (non-hydrogen) atoms. The highest BCUT2D eigenvalue weighted by molar-refractivity contribution is 14.1. The smallest absolute Gasteiger partial charge is 0.308 e. The van der Waals surface area contributed by atoms with Crippen LogP contribution in [0, 0.1) is 7.14 Å². The monoisotopic (exact) mass is 693 g/mol. The number of carbonyl (C=O) groups is 1. The van der Waals surface area contributed by atoms with E-state index in [2.05, 4.69) is 78.1 Å². The van der Waals surface area contributed by atoms with E-state index in [1.807, 2.05) is 24.3 Å². The molecule has 3 aromatic rings. The summed E-state index contributed by atoms with van der Waals surface area (Å²) in [6.45, 7) is 3.47. The summed E-state index contributed by atoms with van der Waals surface area (Å²) in [5, 5.41) is 4.98. The van der Waals surface area contributed by atoms with Crippen molar-refractivity contribution in [2.75, 3.05) is 0 Å². The molecule has 0 fully saturated rings. The predicted molar refractivity (Wildman–Crippen MR) is 138 cm³/mol. The Morgan fingerprint density at radius 3 is 2.60 bits per heavy atom. The van der Waals surface area contributed by atoms with Crippen molar-refractivity contribution < 1.29 is 9.53 Å². The maximum absolute atomic E-state index is 13.1. The molecule has 9 heteroatoms. The van der Waals surface area contributed by atoms with E-state index in [0.29, 0.717) is 28.9 Å². The van der Waals surface area contributed by atoms with Crippen molar-refractivity contribution >= 4 is 84.2 Å². The van der Waals surface area contributed by atoms with Crippen molar-refractivity contribution in [1.29, 1.82) is 0 Å². The van der Waals surface area contributed by atoms with Gasteiger partial charge in [-0.15, -0.1) is 0 Å². The van der Waals surface area contributed by atoms with E-state index < -0.39 is 0 Å². The number of nitrogens with zero attached hydrogens (tertiary/aromatic N) is 3. The first-order valence-corrected chi connectivity index (χ1v) is 12.2. The summed E-state index contributed by atoms with van der Waals surface area (Å²) in [5.74, 6) is 0.792. The summed E-state index contributed by atoms with van der Waals surface area (Å²) < 4.78 is 9.04. The lowest BCUT2D eigenvalue weighted by Gasteiger charge is -2.10. The van der Waals surface area contributed by atoms with Gasteiger partial charge in [-0.3, -0.25) is 9.59 Å². The molecule has 0 aliphatic heterocycles. The van der Waals surface area contributed by atoms with Crippen LogP contribution in [0.3, 0.4) is 0 Å². The van der Waals surface area contributed by atoms with Gasteiger partial charge in [0.25, 0.3) is 5.56 Å². The number of aromatic nitrogens is 2. The molecule has 0 N–H and O–H groups in total. The molecule has 0 bridgehead atoms. The van der Waals surface area contributed by atoms with Gasteiger partial charge in [0, 0.05) is 17.8 Å². The van der Waals surface area contributed by atoms with E-state index in [9.17, 15) is 9.59 Å². The van der Waals surface area contributed by atoms with Crippen molar-refractivity contribution in [3.05, 3.63) is 63.7 Å².